The lowest BCUT2D eigenvalue weighted by Crippen LogP contribution is -2.05. The van der Waals surface area contributed by atoms with Crippen LogP contribution in [0.1, 0.15) is 6.92 Å². The first-order valence-corrected chi connectivity index (χ1v) is 6.57. The van der Waals surface area contributed by atoms with Crippen LogP contribution in [0.4, 0.5) is 17.1 Å². The molecule has 1 heterocycles. The average Bonchev–Trinajstić information content (AvgIpc) is 2.49. The first-order chi connectivity index (χ1) is 10.2. The van der Waals surface area contributed by atoms with Gasteiger partial charge in [-0.15, -0.1) is 0 Å². The first kappa shape index (κ1) is 13.1. The maximum atomic E-state index is 11.0. The van der Waals surface area contributed by atoms with E-state index in [-0.39, 0.29) is 5.91 Å². The molecule has 3 aromatic rings. The summed E-state index contributed by atoms with van der Waals surface area (Å²) in [6, 6.07) is 15.3. The Morgan fingerprint density at radius 3 is 2.48 bits per heavy atom. The molecular formula is C16H14N4O. The van der Waals surface area contributed by atoms with Crippen molar-refractivity contribution in [1.82, 2.24) is 10.2 Å². The van der Waals surface area contributed by atoms with Crippen molar-refractivity contribution in [2.45, 2.75) is 6.92 Å². The summed E-state index contributed by atoms with van der Waals surface area (Å²) < 4.78 is 0. The van der Waals surface area contributed by atoms with Gasteiger partial charge in [0.25, 0.3) is 0 Å². The van der Waals surface area contributed by atoms with Crippen molar-refractivity contribution >= 4 is 33.9 Å². The Hall–Kier alpha value is -2.95. The second-order valence-electron chi connectivity index (χ2n) is 4.66. The predicted octanol–water partition coefficient (Wildman–Crippen LogP) is 3.33. The number of nitrogens with one attached hydrogen (secondary N) is 2. The fourth-order valence-corrected chi connectivity index (χ4v) is 2.10. The molecule has 0 fully saturated rings. The molecular weight excluding hydrogens is 264 g/mol. The first-order valence-electron chi connectivity index (χ1n) is 6.57. The highest BCUT2D eigenvalue weighted by Crippen LogP contribution is 2.24. The van der Waals surface area contributed by atoms with Crippen LogP contribution < -0.4 is 10.6 Å². The number of carbonyl (C=O) groups excluding carboxylic acids is 1. The zero-order chi connectivity index (χ0) is 14.7. The van der Waals surface area contributed by atoms with Gasteiger partial charge in [-0.25, -0.2) is 0 Å². The molecule has 0 atom stereocenters. The molecule has 0 saturated heterocycles. The molecule has 0 saturated carbocycles. The van der Waals surface area contributed by atoms with Crippen LogP contribution in [-0.2, 0) is 4.79 Å². The standard InChI is InChI=1S/C16H14N4O/c1-11(21)18-12-6-8-13(9-7-12)19-16-10-17-20-15-5-3-2-4-14(15)16/h2-10H,1H3,(H,18,21)(H,19,20). The monoisotopic (exact) mass is 278 g/mol. The molecule has 104 valence electrons. The Morgan fingerprint density at radius 2 is 1.71 bits per heavy atom. The summed E-state index contributed by atoms with van der Waals surface area (Å²) in [6.45, 7) is 1.49. The van der Waals surface area contributed by atoms with Gasteiger partial charge < -0.3 is 10.6 Å². The molecule has 2 N–H and O–H groups in total. The third-order valence-corrected chi connectivity index (χ3v) is 3.03. The molecule has 5 nitrogen and oxygen atoms in total. The van der Waals surface area contributed by atoms with E-state index >= 15 is 0 Å². The van der Waals surface area contributed by atoms with Crippen LogP contribution in [-0.4, -0.2) is 16.1 Å². The van der Waals surface area contributed by atoms with E-state index in [0.29, 0.717) is 0 Å². The average molecular weight is 278 g/mol. The number of anilines is 3. The number of benzene rings is 2. The Labute approximate surface area is 122 Å². The van der Waals surface area contributed by atoms with E-state index in [1.165, 1.54) is 6.92 Å². The molecule has 0 radical (unpaired) electrons. The largest absolute Gasteiger partial charge is 0.354 e. The van der Waals surface area contributed by atoms with E-state index in [4.69, 9.17) is 0 Å². The molecule has 0 bridgehead atoms. The highest BCUT2D eigenvalue weighted by molar-refractivity contribution is 5.92. The SMILES string of the molecule is CC(=O)Nc1ccc(Nc2cnnc3ccccc23)cc1. The molecule has 0 aliphatic carbocycles. The number of rotatable bonds is 3. The Morgan fingerprint density at radius 1 is 1.00 bits per heavy atom. The van der Waals surface area contributed by atoms with Crippen molar-refractivity contribution in [3.05, 3.63) is 54.7 Å². The molecule has 1 aromatic heterocycles. The van der Waals surface area contributed by atoms with Crippen molar-refractivity contribution in [1.29, 1.82) is 0 Å². The number of aromatic nitrogens is 2. The van der Waals surface area contributed by atoms with Gasteiger partial charge in [0.15, 0.2) is 0 Å². The number of nitrogens with zero attached hydrogens (tertiary/aromatic N) is 2. The molecule has 5 heteroatoms. The van der Waals surface area contributed by atoms with Crippen molar-refractivity contribution in [3.63, 3.8) is 0 Å². The van der Waals surface area contributed by atoms with Crippen LogP contribution in [0.5, 0.6) is 0 Å². The summed E-state index contributed by atoms with van der Waals surface area (Å²) in [4.78, 5) is 11.0. The summed E-state index contributed by atoms with van der Waals surface area (Å²) in [5.41, 5.74) is 3.43. The summed E-state index contributed by atoms with van der Waals surface area (Å²) >= 11 is 0. The van der Waals surface area contributed by atoms with Crippen LogP contribution in [0, 0.1) is 0 Å². The summed E-state index contributed by atoms with van der Waals surface area (Å²) in [5, 5.41) is 15.2. The molecule has 2 aromatic carbocycles. The van der Waals surface area contributed by atoms with E-state index in [1.54, 1.807) is 6.20 Å². The summed E-state index contributed by atoms with van der Waals surface area (Å²) in [7, 11) is 0. The highest BCUT2D eigenvalue weighted by atomic mass is 16.1. The second-order valence-corrected chi connectivity index (χ2v) is 4.66. The number of fused-ring (bicyclic) bond motifs is 1. The smallest absolute Gasteiger partial charge is 0.221 e. The van der Waals surface area contributed by atoms with Crippen molar-refractivity contribution < 1.29 is 4.79 Å². The lowest BCUT2D eigenvalue weighted by atomic mass is 10.2. The van der Waals surface area contributed by atoms with Crippen LogP contribution in [0.3, 0.4) is 0 Å². The van der Waals surface area contributed by atoms with Crippen LogP contribution >= 0.6 is 0 Å². The topological polar surface area (TPSA) is 66.9 Å². The van der Waals surface area contributed by atoms with Gasteiger partial charge in [0.1, 0.15) is 0 Å². The molecule has 21 heavy (non-hydrogen) atoms. The van der Waals surface area contributed by atoms with Gasteiger partial charge in [-0.2, -0.15) is 10.2 Å². The minimum atomic E-state index is -0.0833. The molecule has 0 spiro atoms. The minimum Gasteiger partial charge on any atom is -0.354 e. The number of hydrogen-bond donors (Lipinski definition) is 2. The van der Waals surface area contributed by atoms with Crippen LogP contribution in [0.25, 0.3) is 10.9 Å². The Kier molecular flexibility index (Phi) is 3.47. The van der Waals surface area contributed by atoms with E-state index < -0.39 is 0 Å². The van der Waals surface area contributed by atoms with Gasteiger partial charge in [-0.1, -0.05) is 18.2 Å². The lowest BCUT2D eigenvalue weighted by Gasteiger charge is -2.09. The maximum absolute atomic E-state index is 11.0. The Balaban J connectivity index is 1.87. The van der Waals surface area contributed by atoms with Crippen LogP contribution in [0.15, 0.2) is 54.7 Å². The third-order valence-electron chi connectivity index (χ3n) is 3.03. The van der Waals surface area contributed by atoms with Crippen LogP contribution in [0.2, 0.25) is 0 Å². The molecule has 0 aliphatic rings. The fourth-order valence-electron chi connectivity index (χ4n) is 2.10. The molecule has 0 aliphatic heterocycles. The Bertz CT molecular complexity index is 778. The third kappa shape index (κ3) is 2.97. The predicted molar refractivity (Wildman–Crippen MR) is 83.6 cm³/mol. The van der Waals surface area contributed by atoms with Crippen molar-refractivity contribution in [2.75, 3.05) is 10.6 Å². The number of carbonyl (C=O) groups is 1. The number of hydrogen-bond acceptors (Lipinski definition) is 4. The van der Waals surface area contributed by atoms with Gasteiger partial charge >= 0.3 is 0 Å². The van der Waals surface area contributed by atoms with E-state index in [9.17, 15) is 4.79 Å². The van der Waals surface area contributed by atoms with Gasteiger partial charge in [0, 0.05) is 23.7 Å². The van der Waals surface area contributed by atoms with E-state index in [2.05, 4.69) is 20.8 Å². The maximum Gasteiger partial charge on any atom is 0.221 e. The highest BCUT2D eigenvalue weighted by Gasteiger charge is 2.03. The normalized spacial score (nSPS) is 10.3. The van der Waals surface area contributed by atoms with Crippen molar-refractivity contribution in [2.24, 2.45) is 0 Å². The lowest BCUT2D eigenvalue weighted by molar-refractivity contribution is -0.114. The summed E-state index contributed by atoms with van der Waals surface area (Å²) in [6.07, 6.45) is 1.70. The quantitative estimate of drug-likeness (QED) is 0.771. The molecule has 3 rings (SSSR count). The van der Waals surface area contributed by atoms with Gasteiger partial charge in [0.2, 0.25) is 5.91 Å². The van der Waals surface area contributed by atoms with Crippen molar-refractivity contribution in [3.8, 4) is 0 Å². The fraction of sp³-hybridized carbons (Fsp3) is 0.0625. The number of amides is 1. The zero-order valence-corrected chi connectivity index (χ0v) is 11.5. The molecule has 0 unspecified atom stereocenters. The minimum absolute atomic E-state index is 0.0833. The summed E-state index contributed by atoms with van der Waals surface area (Å²) in [5.74, 6) is -0.0833. The van der Waals surface area contributed by atoms with E-state index in [0.717, 1.165) is 28.0 Å². The zero-order valence-electron chi connectivity index (χ0n) is 11.5. The van der Waals surface area contributed by atoms with Gasteiger partial charge in [0.05, 0.1) is 17.4 Å². The van der Waals surface area contributed by atoms with Gasteiger partial charge in [-0.05, 0) is 30.3 Å². The van der Waals surface area contributed by atoms with Gasteiger partial charge in [-0.3, -0.25) is 4.79 Å². The molecule has 1 amide bonds. The second kappa shape index (κ2) is 5.58. The van der Waals surface area contributed by atoms with E-state index in [1.807, 2.05) is 48.5 Å².